The molecule has 0 aromatic carbocycles. The molecule has 3 heterocycles. The fourth-order valence-corrected chi connectivity index (χ4v) is 2.78. The van der Waals surface area contributed by atoms with Gasteiger partial charge in [-0.1, -0.05) is 11.2 Å². The van der Waals surface area contributed by atoms with E-state index < -0.39 is 0 Å². The second kappa shape index (κ2) is 5.60. The van der Waals surface area contributed by atoms with E-state index in [0.29, 0.717) is 24.3 Å². The Kier molecular flexibility index (Phi) is 3.66. The number of nitrogens with zero attached hydrogens (tertiary/aromatic N) is 3. The lowest BCUT2D eigenvalue weighted by atomic mass is 10.2. The molecule has 0 N–H and O–H groups in total. The summed E-state index contributed by atoms with van der Waals surface area (Å²) in [7, 11) is 2.05. The first-order valence-electron chi connectivity index (χ1n) is 6.33. The predicted molar refractivity (Wildman–Crippen MR) is 76.2 cm³/mol. The van der Waals surface area contributed by atoms with Crippen molar-refractivity contribution in [3.05, 3.63) is 46.8 Å². The highest BCUT2D eigenvalue weighted by atomic mass is 32.1. The summed E-state index contributed by atoms with van der Waals surface area (Å²) in [4.78, 5) is 7.90. The molecule has 20 heavy (non-hydrogen) atoms. The highest BCUT2D eigenvalue weighted by molar-refractivity contribution is 7.10. The van der Waals surface area contributed by atoms with Crippen LogP contribution >= 0.6 is 11.3 Å². The van der Waals surface area contributed by atoms with E-state index in [2.05, 4.69) is 46.5 Å². The van der Waals surface area contributed by atoms with E-state index in [4.69, 9.17) is 8.94 Å². The van der Waals surface area contributed by atoms with Gasteiger partial charge in [0.25, 0.3) is 5.89 Å². The van der Waals surface area contributed by atoms with E-state index in [1.807, 2.05) is 0 Å². The summed E-state index contributed by atoms with van der Waals surface area (Å²) in [6, 6.07) is 6.33. The van der Waals surface area contributed by atoms with Gasteiger partial charge in [-0.2, -0.15) is 4.98 Å². The molecule has 0 bridgehead atoms. The molecule has 3 aromatic rings. The topological polar surface area (TPSA) is 55.3 Å². The third kappa shape index (κ3) is 2.66. The van der Waals surface area contributed by atoms with Crippen LogP contribution in [0.2, 0.25) is 0 Å². The molecule has 0 spiro atoms. The SMILES string of the molecule is CC(c1cccs1)N(C)Cc1noc(-c2ccoc2)n1. The molecule has 5 nitrogen and oxygen atoms in total. The van der Waals surface area contributed by atoms with Crippen molar-refractivity contribution in [1.82, 2.24) is 15.0 Å². The van der Waals surface area contributed by atoms with E-state index in [1.165, 1.54) is 4.88 Å². The minimum absolute atomic E-state index is 0.325. The lowest BCUT2D eigenvalue weighted by Crippen LogP contribution is -2.21. The summed E-state index contributed by atoms with van der Waals surface area (Å²) < 4.78 is 10.2. The van der Waals surface area contributed by atoms with Crippen molar-refractivity contribution >= 4 is 11.3 Å². The number of furan rings is 1. The number of thiophene rings is 1. The lowest BCUT2D eigenvalue weighted by Gasteiger charge is -2.21. The Morgan fingerprint density at radius 2 is 2.30 bits per heavy atom. The molecule has 3 rings (SSSR count). The van der Waals surface area contributed by atoms with Gasteiger partial charge in [-0.15, -0.1) is 11.3 Å². The van der Waals surface area contributed by atoms with Crippen LogP contribution in [0, 0.1) is 0 Å². The normalized spacial score (nSPS) is 12.9. The molecule has 104 valence electrons. The van der Waals surface area contributed by atoms with Crippen LogP contribution in [0.5, 0.6) is 0 Å². The average Bonchev–Trinajstić information content (AvgIpc) is 3.19. The molecule has 0 aliphatic carbocycles. The maximum atomic E-state index is 5.24. The zero-order chi connectivity index (χ0) is 13.9. The lowest BCUT2D eigenvalue weighted by molar-refractivity contribution is 0.246. The molecule has 1 unspecified atom stereocenters. The average molecular weight is 289 g/mol. The molecule has 0 aliphatic heterocycles. The fourth-order valence-electron chi connectivity index (χ4n) is 1.93. The largest absolute Gasteiger partial charge is 0.472 e. The second-order valence-corrected chi connectivity index (χ2v) is 5.61. The minimum atomic E-state index is 0.325. The third-order valence-electron chi connectivity index (χ3n) is 3.24. The standard InChI is InChI=1S/C14H15N3O2S/c1-10(12-4-3-7-20-12)17(2)8-13-15-14(19-16-13)11-5-6-18-9-11/h3-7,9-10H,8H2,1-2H3. The van der Waals surface area contributed by atoms with Gasteiger partial charge in [0.05, 0.1) is 18.4 Å². The summed E-state index contributed by atoms with van der Waals surface area (Å²) in [6.45, 7) is 2.81. The van der Waals surface area contributed by atoms with Crippen LogP contribution in [-0.2, 0) is 6.54 Å². The van der Waals surface area contributed by atoms with E-state index >= 15 is 0 Å². The van der Waals surface area contributed by atoms with Gasteiger partial charge in [-0.05, 0) is 31.5 Å². The van der Waals surface area contributed by atoms with Gasteiger partial charge < -0.3 is 8.94 Å². The highest BCUT2D eigenvalue weighted by Crippen LogP contribution is 2.25. The molecule has 3 aromatic heterocycles. The first-order chi connectivity index (χ1) is 9.74. The van der Waals surface area contributed by atoms with Gasteiger partial charge in [0, 0.05) is 10.9 Å². The van der Waals surface area contributed by atoms with E-state index in [0.717, 1.165) is 5.56 Å². The molecule has 0 amide bonds. The Bertz CT molecular complexity index is 646. The van der Waals surface area contributed by atoms with Crippen molar-refractivity contribution in [2.75, 3.05) is 7.05 Å². The Labute approximate surface area is 120 Å². The van der Waals surface area contributed by atoms with Gasteiger partial charge in [-0.3, -0.25) is 4.90 Å². The molecule has 1 atom stereocenters. The van der Waals surface area contributed by atoms with Crippen LogP contribution in [0.1, 0.15) is 23.7 Å². The Morgan fingerprint density at radius 3 is 3.00 bits per heavy atom. The predicted octanol–water partition coefficient (Wildman–Crippen LogP) is 3.58. The molecule has 0 saturated heterocycles. The molecular weight excluding hydrogens is 274 g/mol. The van der Waals surface area contributed by atoms with Crippen LogP contribution in [0.15, 0.2) is 45.0 Å². The first kappa shape index (κ1) is 13.1. The van der Waals surface area contributed by atoms with Gasteiger partial charge in [0.15, 0.2) is 5.82 Å². The monoisotopic (exact) mass is 289 g/mol. The second-order valence-electron chi connectivity index (χ2n) is 4.63. The van der Waals surface area contributed by atoms with E-state index in [-0.39, 0.29) is 0 Å². The number of hydrogen-bond acceptors (Lipinski definition) is 6. The summed E-state index contributed by atoms with van der Waals surface area (Å²) in [5, 5.41) is 6.10. The van der Waals surface area contributed by atoms with Crippen molar-refractivity contribution in [2.45, 2.75) is 19.5 Å². The zero-order valence-corrected chi connectivity index (χ0v) is 12.1. The van der Waals surface area contributed by atoms with Crippen LogP contribution in [0.4, 0.5) is 0 Å². The van der Waals surface area contributed by atoms with Crippen molar-refractivity contribution in [3.63, 3.8) is 0 Å². The molecule has 0 fully saturated rings. The Hall–Kier alpha value is -1.92. The van der Waals surface area contributed by atoms with E-state index in [1.54, 1.807) is 29.9 Å². The quantitative estimate of drug-likeness (QED) is 0.718. The van der Waals surface area contributed by atoms with Gasteiger partial charge in [0.2, 0.25) is 0 Å². The highest BCUT2D eigenvalue weighted by Gasteiger charge is 2.16. The van der Waals surface area contributed by atoms with Crippen molar-refractivity contribution in [3.8, 4) is 11.5 Å². The van der Waals surface area contributed by atoms with Crippen molar-refractivity contribution < 1.29 is 8.94 Å². The Morgan fingerprint density at radius 1 is 1.40 bits per heavy atom. The number of hydrogen-bond donors (Lipinski definition) is 0. The maximum Gasteiger partial charge on any atom is 0.261 e. The Balaban J connectivity index is 1.69. The summed E-state index contributed by atoms with van der Waals surface area (Å²) in [5.41, 5.74) is 0.803. The van der Waals surface area contributed by atoms with Crippen LogP contribution in [0.3, 0.4) is 0 Å². The molecular formula is C14H15N3O2S. The van der Waals surface area contributed by atoms with Crippen LogP contribution < -0.4 is 0 Å². The van der Waals surface area contributed by atoms with Crippen LogP contribution in [0.25, 0.3) is 11.5 Å². The molecule has 6 heteroatoms. The number of aromatic nitrogens is 2. The first-order valence-corrected chi connectivity index (χ1v) is 7.21. The summed E-state index contributed by atoms with van der Waals surface area (Å²) >= 11 is 1.75. The third-order valence-corrected chi connectivity index (χ3v) is 4.29. The van der Waals surface area contributed by atoms with Gasteiger partial charge in [0.1, 0.15) is 6.26 Å². The van der Waals surface area contributed by atoms with Crippen molar-refractivity contribution in [1.29, 1.82) is 0 Å². The van der Waals surface area contributed by atoms with Crippen molar-refractivity contribution in [2.24, 2.45) is 0 Å². The van der Waals surface area contributed by atoms with E-state index in [9.17, 15) is 0 Å². The molecule has 0 saturated carbocycles. The van der Waals surface area contributed by atoms with Gasteiger partial charge >= 0.3 is 0 Å². The maximum absolute atomic E-state index is 5.24. The summed E-state index contributed by atoms with van der Waals surface area (Å²) in [5.74, 6) is 1.16. The van der Waals surface area contributed by atoms with Crippen LogP contribution in [-0.4, -0.2) is 22.1 Å². The molecule has 0 radical (unpaired) electrons. The number of rotatable bonds is 5. The zero-order valence-electron chi connectivity index (χ0n) is 11.3. The smallest absolute Gasteiger partial charge is 0.261 e. The van der Waals surface area contributed by atoms with Gasteiger partial charge in [-0.25, -0.2) is 0 Å². The minimum Gasteiger partial charge on any atom is -0.472 e. The summed E-state index contributed by atoms with van der Waals surface area (Å²) in [6.07, 6.45) is 3.18. The fraction of sp³-hybridized carbons (Fsp3) is 0.286. The molecule has 0 aliphatic rings.